The van der Waals surface area contributed by atoms with Crippen molar-refractivity contribution in [2.24, 2.45) is 0 Å². The smallest absolute Gasteiger partial charge is 0.409 e. The van der Waals surface area contributed by atoms with Crippen LogP contribution >= 0.6 is 11.9 Å². The molecular formula is C19H17NO2S. The van der Waals surface area contributed by atoms with Gasteiger partial charge in [-0.25, -0.2) is 9.10 Å². The lowest BCUT2D eigenvalue weighted by Crippen LogP contribution is -2.23. The first-order chi connectivity index (χ1) is 11.1. The fraction of sp³-hybridized carbons (Fsp3) is 0.105. The highest BCUT2D eigenvalue weighted by molar-refractivity contribution is 7.97. The van der Waals surface area contributed by atoms with Crippen LogP contribution in [-0.2, 0) is 0 Å². The average molecular weight is 323 g/mol. The van der Waals surface area contributed by atoms with Crippen LogP contribution in [0.1, 0.15) is 5.56 Å². The summed E-state index contributed by atoms with van der Waals surface area (Å²) in [7, 11) is 1.71. The molecule has 3 rings (SSSR count). The SMILES string of the molecule is Cc1ccc(SN(C)C(=O)Oc2cccc3ccccc23)cc1. The minimum Gasteiger partial charge on any atom is -0.409 e. The Hall–Kier alpha value is -2.46. The van der Waals surface area contributed by atoms with Gasteiger partial charge < -0.3 is 4.74 Å². The summed E-state index contributed by atoms with van der Waals surface area (Å²) in [6.07, 6.45) is -0.396. The Bertz CT molecular complexity index is 825. The molecule has 0 saturated carbocycles. The van der Waals surface area contributed by atoms with Crippen molar-refractivity contribution in [2.75, 3.05) is 7.05 Å². The van der Waals surface area contributed by atoms with Crippen molar-refractivity contribution in [3.8, 4) is 5.75 Å². The zero-order valence-corrected chi connectivity index (χ0v) is 13.8. The highest BCUT2D eigenvalue weighted by atomic mass is 32.2. The summed E-state index contributed by atoms with van der Waals surface area (Å²) in [5, 5.41) is 1.98. The van der Waals surface area contributed by atoms with E-state index >= 15 is 0 Å². The Kier molecular flexibility index (Phi) is 4.53. The van der Waals surface area contributed by atoms with Crippen LogP contribution in [0.2, 0.25) is 0 Å². The molecule has 0 aliphatic rings. The topological polar surface area (TPSA) is 29.5 Å². The van der Waals surface area contributed by atoms with Crippen LogP contribution in [0, 0.1) is 6.92 Å². The van der Waals surface area contributed by atoms with Gasteiger partial charge in [0.05, 0.1) is 0 Å². The lowest BCUT2D eigenvalue weighted by Gasteiger charge is -2.16. The number of hydrogen-bond donors (Lipinski definition) is 0. The Labute approximate surface area is 140 Å². The molecule has 0 radical (unpaired) electrons. The van der Waals surface area contributed by atoms with E-state index in [2.05, 4.69) is 0 Å². The quantitative estimate of drug-likeness (QED) is 0.614. The van der Waals surface area contributed by atoms with E-state index < -0.39 is 6.09 Å². The van der Waals surface area contributed by atoms with Crippen molar-refractivity contribution in [3.63, 3.8) is 0 Å². The second kappa shape index (κ2) is 6.75. The fourth-order valence-corrected chi connectivity index (χ4v) is 2.92. The van der Waals surface area contributed by atoms with Gasteiger partial charge in [-0.05, 0) is 42.5 Å². The summed E-state index contributed by atoms with van der Waals surface area (Å²) >= 11 is 1.34. The Morgan fingerprint density at radius 3 is 2.43 bits per heavy atom. The van der Waals surface area contributed by atoms with Gasteiger partial charge in [0.15, 0.2) is 0 Å². The highest BCUT2D eigenvalue weighted by Gasteiger charge is 2.14. The monoisotopic (exact) mass is 323 g/mol. The van der Waals surface area contributed by atoms with Crippen molar-refractivity contribution in [1.82, 2.24) is 4.31 Å². The molecule has 0 aliphatic heterocycles. The molecule has 0 atom stereocenters. The molecule has 0 aliphatic carbocycles. The van der Waals surface area contributed by atoms with Gasteiger partial charge in [-0.15, -0.1) is 0 Å². The third-order valence-corrected chi connectivity index (χ3v) is 4.37. The fourth-order valence-electron chi connectivity index (χ4n) is 2.24. The second-order valence-electron chi connectivity index (χ2n) is 5.25. The van der Waals surface area contributed by atoms with Crippen LogP contribution in [0.3, 0.4) is 0 Å². The third-order valence-electron chi connectivity index (χ3n) is 3.47. The lowest BCUT2D eigenvalue weighted by molar-refractivity contribution is 0.188. The predicted molar refractivity (Wildman–Crippen MR) is 94.8 cm³/mol. The maximum atomic E-state index is 12.3. The minimum absolute atomic E-state index is 0.396. The van der Waals surface area contributed by atoms with Crippen LogP contribution in [0.4, 0.5) is 4.79 Å². The number of fused-ring (bicyclic) bond motifs is 1. The minimum atomic E-state index is -0.396. The Morgan fingerprint density at radius 2 is 1.65 bits per heavy atom. The maximum Gasteiger partial charge on any atom is 0.425 e. The number of ether oxygens (including phenoxy) is 1. The van der Waals surface area contributed by atoms with Crippen molar-refractivity contribution < 1.29 is 9.53 Å². The molecule has 1 amide bonds. The van der Waals surface area contributed by atoms with Crippen molar-refractivity contribution in [2.45, 2.75) is 11.8 Å². The average Bonchev–Trinajstić information content (AvgIpc) is 2.57. The van der Waals surface area contributed by atoms with Gasteiger partial charge in [-0.2, -0.15) is 0 Å². The summed E-state index contributed by atoms with van der Waals surface area (Å²) in [6, 6.07) is 21.6. The zero-order chi connectivity index (χ0) is 16.2. The van der Waals surface area contributed by atoms with E-state index in [1.54, 1.807) is 7.05 Å². The molecule has 3 aromatic carbocycles. The molecule has 4 heteroatoms. The largest absolute Gasteiger partial charge is 0.425 e. The van der Waals surface area contributed by atoms with Crippen molar-refractivity contribution >= 4 is 28.8 Å². The van der Waals surface area contributed by atoms with E-state index in [9.17, 15) is 4.79 Å². The number of hydrogen-bond acceptors (Lipinski definition) is 3. The number of aryl methyl sites for hydroxylation is 1. The second-order valence-corrected chi connectivity index (χ2v) is 6.45. The van der Waals surface area contributed by atoms with E-state index in [4.69, 9.17) is 4.74 Å². The van der Waals surface area contributed by atoms with E-state index in [0.29, 0.717) is 5.75 Å². The van der Waals surface area contributed by atoms with Crippen LogP contribution in [0.25, 0.3) is 10.8 Å². The molecule has 0 N–H and O–H groups in total. The van der Waals surface area contributed by atoms with Crippen LogP contribution < -0.4 is 4.74 Å². The van der Waals surface area contributed by atoms with E-state index in [0.717, 1.165) is 15.7 Å². The number of rotatable bonds is 3. The number of carbonyl (C=O) groups excluding carboxylic acids is 1. The molecule has 0 spiro atoms. The number of amides is 1. The molecule has 0 heterocycles. The molecule has 0 fully saturated rings. The van der Waals surface area contributed by atoms with Gasteiger partial charge in [0.2, 0.25) is 0 Å². The Morgan fingerprint density at radius 1 is 0.957 bits per heavy atom. The van der Waals surface area contributed by atoms with Gasteiger partial charge in [0.1, 0.15) is 5.75 Å². The number of carbonyl (C=O) groups is 1. The van der Waals surface area contributed by atoms with E-state index in [-0.39, 0.29) is 0 Å². The first kappa shape index (κ1) is 15.4. The summed E-state index contributed by atoms with van der Waals surface area (Å²) in [5.41, 5.74) is 1.19. The molecule has 0 bridgehead atoms. The van der Waals surface area contributed by atoms with Crippen LogP contribution in [0.5, 0.6) is 5.75 Å². The van der Waals surface area contributed by atoms with Gasteiger partial charge in [0.25, 0.3) is 0 Å². The zero-order valence-electron chi connectivity index (χ0n) is 13.0. The van der Waals surface area contributed by atoms with Gasteiger partial charge in [0, 0.05) is 17.3 Å². The van der Waals surface area contributed by atoms with E-state index in [1.165, 1.54) is 21.8 Å². The molecule has 116 valence electrons. The molecular weight excluding hydrogens is 306 g/mol. The molecule has 23 heavy (non-hydrogen) atoms. The normalized spacial score (nSPS) is 10.5. The summed E-state index contributed by atoms with van der Waals surface area (Å²) in [5.74, 6) is 0.574. The first-order valence-corrected chi connectivity index (χ1v) is 8.09. The summed E-state index contributed by atoms with van der Waals surface area (Å²) in [4.78, 5) is 13.3. The number of nitrogens with zero attached hydrogens (tertiary/aromatic N) is 1. The highest BCUT2D eigenvalue weighted by Crippen LogP contribution is 2.27. The van der Waals surface area contributed by atoms with Gasteiger partial charge >= 0.3 is 6.09 Å². The Balaban J connectivity index is 1.74. The van der Waals surface area contributed by atoms with Gasteiger partial charge in [-0.3, -0.25) is 0 Å². The molecule has 0 aromatic heterocycles. The van der Waals surface area contributed by atoms with Crippen LogP contribution in [-0.4, -0.2) is 17.4 Å². The summed E-state index contributed by atoms with van der Waals surface area (Å²) in [6.45, 7) is 2.03. The third kappa shape index (κ3) is 3.66. The van der Waals surface area contributed by atoms with Crippen LogP contribution in [0.15, 0.2) is 71.6 Å². The molecule has 0 unspecified atom stereocenters. The van der Waals surface area contributed by atoms with E-state index in [1.807, 2.05) is 73.7 Å². The first-order valence-electron chi connectivity index (χ1n) is 7.31. The lowest BCUT2D eigenvalue weighted by atomic mass is 10.1. The maximum absolute atomic E-state index is 12.3. The standard InChI is InChI=1S/C19H17NO2S/c1-14-10-12-16(13-11-14)23-20(2)19(21)22-18-9-5-7-15-6-3-4-8-17(15)18/h3-13H,1-2H3. The van der Waals surface area contributed by atoms with Crippen molar-refractivity contribution in [1.29, 1.82) is 0 Å². The summed E-state index contributed by atoms with van der Waals surface area (Å²) < 4.78 is 7.04. The molecule has 3 aromatic rings. The molecule has 3 nitrogen and oxygen atoms in total. The number of benzene rings is 3. The van der Waals surface area contributed by atoms with Gasteiger partial charge in [-0.1, -0.05) is 54.1 Å². The molecule has 0 saturated heterocycles. The van der Waals surface area contributed by atoms with Crippen molar-refractivity contribution in [3.05, 3.63) is 72.3 Å². The predicted octanol–water partition coefficient (Wildman–Crippen LogP) is 5.29.